The van der Waals surface area contributed by atoms with Crippen molar-refractivity contribution in [1.82, 2.24) is 20.4 Å². The van der Waals surface area contributed by atoms with Crippen LogP contribution in [0.5, 0.6) is 0 Å². The van der Waals surface area contributed by atoms with E-state index in [1.54, 1.807) is 0 Å². The van der Waals surface area contributed by atoms with Crippen molar-refractivity contribution in [2.75, 3.05) is 13.1 Å². The number of nitrogens with zero attached hydrogens (tertiary/aromatic N) is 3. The summed E-state index contributed by atoms with van der Waals surface area (Å²) in [6, 6.07) is 10.8. The quantitative estimate of drug-likeness (QED) is 0.717. The lowest BCUT2D eigenvalue weighted by atomic mass is 10.1. The smallest absolute Gasteiger partial charge is 0.247 e. The Kier molecular flexibility index (Phi) is 6.93. The van der Waals surface area contributed by atoms with Gasteiger partial charge in [-0.25, -0.2) is 0 Å². The highest BCUT2D eigenvalue weighted by Crippen LogP contribution is 2.25. The minimum atomic E-state index is 0.139. The van der Waals surface area contributed by atoms with Crippen molar-refractivity contribution >= 4 is 5.91 Å². The van der Waals surface area contributed by atoms with E-state index in [2.05, 4.69) is 20.4 Å². The van der Waals surface area contributed by atoms with Crippen molar-refractivity contribution in [2.45, 2.75) is 76.3 Å². The molecule has 0 radical (unpaired) electrons. The first-order valence-corrected chi connectivity index (χ1v) is 11.2. The second kappa shape index (κ2) is 10.0. The minimum Gasteiger partial charge on any atom is -0.421 e. The maximum Gasteiger partial charge on any atom is 0.247 e. The average molecular weight is 397 g/mol. The molecule has 1 unspecified atom stereocenters. The van der Waals surface area contributed by atoms with Gasteiger partial charge < -0.3 is 9.73 Å². The standard InChI is InChI=1S/C23H32N4O2/c28-21(24-19-15-16-27(17-19)20-11-6-1-2-7-12-20)13-8-14-22-25-26-23(29-22)18-9-4-3-5-10-18/h3-5,9-10,19-20H,1-2,6-8,11-17H2,(H,24,28). The molecular formula is C23H32N4O2. The van der Waals surface area contributed by atoms with E-state index in [1.807, 2.05) is 30.3 Å². The predicted octanol–water partition coefficient (Wildman–Crippen LogP) is 3.97. The molecule has 6 heteroatoms. The van der Waals surface area contributed by atoms with Gasteiger partial charge in [-0.05, 0) is 37.8 Å². The Labute approximate surface area is 173 Å². The van der Waals surface area contributed by atoms with E-state index in [0.717, 1.165) is 37.5 Å². The van der Waals surface area contributed by atoms with E-state index >= 15 is 0 Å². The fourth-order valence-electron chi connectivity index (χ4n) is 4.61. The van der Waals surface area contributed by atoms with E-state index in [-0.39, 0.29) is 5.91 Å². The SMILES string of the molecule is O=C(CCCc1nnc(-c2ccccc2)o1)NC1CCN(C2CCCCCC2)C1. The predicted molar refractivity (Wildman–Crippen MR) is 112 cm³/mol. The van der Waals surface area contributed by atoms with E-state index in [9.17, 15) is 4.79 Å². The van der Waals surface area contributed by atoms with Crippen LogP contribution in [0.15, 0.2) is 34.7 Å². The molecule has 2 fully saturated rings. The minimum absolute atomic E-state index is 0.139. The Morgan fingerprint density at radius 3 is 2.66 bits per heavy atom. The summed E-state index contributed by atoms with van der Waals surface area (Å²) in [6.07, 6.45) is 11.1. The molecule has 1 saturated carbocycles. The number of rotatable bonds is 7. The summed E-state index contributed by atoms with van der Waals surface area (Å²) in [7, 11) is 0. The molecule has 1 aliphatic heterocycles. The molecule has 1 N–H and O–H groups in total. The van der Waals surface area contributed by atoms with Gasteiger partial charge in [-0.3, -0.25) is 9.69 Å². The summed E-state index contributed by atoms with van der Waals surface area (Å²) in [5, 5.41) is 11.4. The van der Waals surface area contributed by atoms with Crippen molar-refractivity contribution < 1.29 is 9.21 Å². The number of likely N-dealkylation sites (tertiary alicyclic amines) is 1. The van der Waals surface area contributed by atoms with Crippen LogP contribution in [0.25, 0.3) is 11.5 Å². The second-order valence-electron chi connectivity index (χ2n) is 8.41. The molecule has 1 aromatic carbocycles. The maximum absolute atomic E-state index is 12.4. The van der Waals surface area contributed by atoms with Crippen LogP contribution in [0.1, 0.15) is 63.7 Å². The zero-order valence-electron chi connectivity index (χ0n) is 17.2. The molecule has 1 aliphatic carbocycles. The van der Waals surface area contributed by atoms with Gasteiger partial charge in [0.25, 0.3) is 0 Å². The first-order chi connectivity index (χ1) is 14.3. The molecule has 29 heavy (non-hydrogen) atoms. The molecule has 1 saturated heterocycles. The van der Waals surface area contributed by atoms with Crippen LogP contribution in [0.3, 0.4) is 0 Å². The Morgan fingerprint density at radius 1 is 1.07 bits per heavy atom. The van der Waals surface area contributed by atoms with E-state index in [0.29, 0.717) is 30.7 Å². The van der Waals surface area contributed by atoms with E-state index < -0.39 is 0 Å². The molecule has 2 heterocycles. The highest BCUT2D eigenvalue weighted by atomic mass is 16.4. The monoisotopic (exact) mass is 396 g/mol. The van der Waals surface area contributed by atoms with Crippen LogP contribution < -0.4 is 5.32 Å². The molecule has 0 bridgehead atoms. The molecule has 1 amide bonds. The van der Waals surface area contributed by atoms with Crippen LogP contribution in [0, 0.1) is 0 Å². The summed E-state index contributed by atoms with van der Waals surface area (Å²) in [6.45, 7) is 2.14. The molecule has 0 spiro atoms. The lowest BCUT2D eigenvalue weighted by Gasteiger charge is -2.26. The number of aryl methyl sites for hydroxylation is 1. The molecule has 156 valence electrons. The van der Waals surface area contributed by atoms with E-state index in [4.69, 9.17) is 4.42 Å². The first-order valence-electron chi connectivity index (χ1n) is 11.2. The van der Waals surface area contributed by atoms with Gasteiger partial charge in [0.1, 0.15) is 0 Å². The number of amides is 1. The zero-order valence-corrected chi connectivity index (χ0v) is 17.2. The van der Waals surface area contributed by atoms with Gasteiger partial charge in [-0.2, -0.15) is 0 Å². The van der Waals surface area contributed by atoms with Crippen LogP contribution in [-0.2, 0) is 11.2 Å². The van der Waals surface area contributed by atoms with Crippen molar-refractivity contribution in [2.24, 2.45) is 0 Å². The maximum atomic E-state index is 12.4. The summed E-state index contributed by atoms with van der Waals surface area (Å²) < 4.78 is 5.72. The lowest BCUT2D eigenvalue weighted by Crippen LogP contribution is -2.39. The number of nitrogens with one attached hydrogen (secondary N) is 1. The first kappa shape index (κ1) is 20.1. The van der Waals surface area contributed by atoms with Crippen molar-refractivity contribution in [3.8, 4) is 11.5 Å². The normalized spacial score (nSPS) is 21.2. The second-order valence-corrected chi connectivity index (χ2v) is 8.41. The molecule has 4 rings (SSSR count). The lowest BCUT2D eigenvalue weighted by molar-refractivity contribution is -0.121. The molecule has 2 aromatic rings. The Hall–Kier alpha value is -2.21. The third kappa shape index (κ3) is 5.66. The van der Waals surface area contributed by atoms with Gasteiger partial charge in [0.15, 0.2) is 0 Å². The molecule has 1 aromatic heterocycles. The fraction of sp³-hybridized carbons (Fsp3) is 0.609. The van der Waals surface area contributed by atoms with Gasteiger partial charge >= 0.3 is 0 Å². The van der Waals surface area contributed by atoms with Crippen molar-refractivity contribution in [3.05, 3.63) is 36.2 Å². The van der Waals surface area contributed by atoms with E-state index in [1.165, 1.54) is 38.5 Å². The fourth-order valence-corrected chi connectivity index (χ4v) is 4.61. The molecule has 2 aliphatic rings. The van der Waals surface area contributed by atoms with Crippen LogP contribution in [0.2, 0.25) is 0 Å². The third-order valence-corrected chi connectivity index (χ3v) is 6.21. The van der Waals surface area contributed by atoms with Gasteiger partial charge in [-0.15, -0.1) is 10.2 Å². The number of hydrogen-bond donors (Lipinski definition) is 1. The summed E-state index contributed by atoms with van der Waals surface area (Å²) in [4.78, 5) is 15.0. The van der Waals surface area contributed by atoms with Crippen LogP contribution >= 0.6 is 0 Å². The van der Waals surface area contributed by atoms with Gasteiger partial charge in [0.2, 0.25) is 17.7 Å². The van der Waals surface area contributed by atoms with Crippen LogP contribution in [0.4, 0.5) is 0 Å². The van der Waals surface area contributed by atoms with Crippen molar-refractivity contribution in [3.63, 3.8) is 0 Å². The number of aromatic nitrogens is 2. The Bertz CT molecular complexity index is 768. The summed E-state index contributed by atoms with van der Waals surface area (Å²) in [5.74, 6) is 1.27. The highest BCUT2D eigenvalue weighted by Gasteiger charge is 2.29. The number of hydrogen-bond acceptors (Lipinski definition) is 5. The molecular weight excluding hydrogens is 364 g/mol. The van der Waals surface area contributed by atoms with Crippen molar-refractivity contribution in [1.29, 1.82) is 0 Å². The Balaban J connectivity index is 1.17. The third-order valence-electron chi connectivity index (χ3n) is 6.21. The summed E-state index contributed by atoms with van der Waals surface area (Å²) >= 11 is 0. The number of benzene rings is 1. The molecule has 6 nitrogen and oxygen atoms in total. The largest absolute Gasteiger partial charge is 0.421 e. The number of carbonyl (C=O) groups excluding carboxylic acids is 1. The number of carbonyl (C=O) groups is 1. The summed E-state index contributed by atoms with van der Waals surface area (Å²) in [5.41, 5.74) is 0.920. The zero-order chi connectivity index (χ0) is 19.9. The van der Waals surface area contributed by atoms with Crippen LogP contribution in [-0.4, -0.2) is 46.2 Å². The highest BCUT2D eigenvalue weighted by molar-refractivity contribution is 5.76. The topological polar surface area (TPSA) is 71.3 Å². The van der Waals surface area contributed by atoms with Gasteiger partial charge in [0, 0.05) is 43.6 Å². The average Bonchev–Trinajstić information content (AvgIpc) is 3.32. The molecule has 1 atom stereocenters. The van der Waals surface area contributed by atoms with Gasteiger partial charge in [-0.1, -0.05) is 43.9 Å². The Morgan fingerprint density at radius 2 is 1.86 bits per heavy atom. The van der Waals surface area contributed by atoms with Gasteiger partial charge in [0.05, 0.1) is 0 Å².